The molecular weight excluding hydrogens is 421 g/mol. The highest BCUT2D eigenvalue weighted by molar-refractivity contribution is 6.04. The van der Waals surface area contributed by atoms with Gasteiger partial charge in [-0.05, 0) is 45.9 Å². The lowest BCUT2D eigenvalue weighted by Crippen LogP contribution is -2.27. The number of nitrogens with one attached hydrogen (secondary N) is 1. The summed E-state index contributed by atoms with van der Waals surface area (Å²) in [6.07, 6.45) is -2.96. The lowest BCUT2D eigenvalue weighted by molar-refractivity contribution is -0.137. The molecule has 0 aliphatic rings. The van der Waals surface area contributed by atoms with Gasteiger partial charge in [-0.15, -0.1) is 0 Å². The van der Waals surface area contributed by atoms with Crippen LogP contribution in [-0.4, -0.2) is 30.3 Å². The molecule has 0 unspecified atom stereocenters. The van der Waals surface area contributed by atoms with Crippen LogP contribution >= 0.6 is 0 Å². The van der Waals surface area contributed by atoms with Gasteiger partial charge in [-0.25, -0.2) is 14.2 Å². The van der Waals surface area contributed by atoms with E-state index in [0.29, 0.717) is 17.2 Å². The molecule has 0 saturated heterocycles. The Balaban J connectivity index is 1.79. The Morgan fingerprint density at radius 1 is 1.03 bits per heavy atom. The van der Waals surface area contributed by atoms with Crippen molar-refractivity contribution in [3.63, 3.8) is 0 Å². The van der Waals surface area contributed by atoms with Crippen LogP contribution in [-0.2, 0) is 11.7 Å². The van der Waals surface area contributed by atoms with Gasteiger partial charge in [0.2, 0.25) is 0 Å². The molecule has 1 amide bonds. The van der Waals surface area contributed by atoms with Gasteiger partial charge in [-0.3, -0.25) is 4.79 Å². The number of alkyl halides is 3. The standard InChI is InChI=1S/C22H21F3N6O/c1-13-19(20(32)28-18-11-12-26-31(18)21(2,3)4)30-17(27-13)10-9-16(29-30)14-7-5-6-8-15(14)22(23,24)25/h5-12H,1-4H3,(H,28,32). The Bertz CT molecular complexity index is 1310. The predicted molar refractivity (Wildman–Crippen MR) is 113 cm³/mol. The molecule has 1 N–H and O–H groups in total. The van der Waals surface area contributed by atoms with E-state index in [1.165, 1.54) is 28.8 Å². The molecule has 0 aliphatic heterocycles. The summed E-state index contributed by atoms with van der Waals surface area (Å²) in [5.41, 5.74) is -0.282. The van der Waals surface area contributed by atoms with E-state index < -0.39 is 17.6 Å². The van der Waals surface area contributed by atoms with Crippen molar-refractivity contribution in [3.05, 3.63) is 65.6 Å². The van der Waals surface area contributed by atoms with E-state index in [1.807, 2.05) is 20.8 Å². The third-order valence-corrected chi connectivity index (χ3v) is 4.90. The Morgan fingerprint density at radius 2 is 1.75 bits per heavy atom. The first-order valence-corrected chi connectivity index (χ1v) is 9.85. The second-order valence-corrected chi connectivity index (χ2v) is 8.33. The van der Waals surface area contributed by atoms with Crippen molar-refractivity contribution >= 4 is 17.4 Å². The van der Waals surface area contributed by atoms with Gasteiger partial charge in [0.15, 0.2) is 11.3 Å². The van der Waals surface area contributed by atoms with E-state index in [0.717, 1.165) is 6.07 Å². The summed E-state index contributed by atoms with van der Waals surface area (Å²) < 4.78 is 43.4. The highest BCUT2D eigenvalue weighted by atomic mass is 19.4. The topological polar surface area (TPSA) is 77.1 Å². The number of amides is 1. The summed E-state index contributed by atoms with van der Waals surface area (Å²) in [6, 6.07) is 9.85. The fraction of sp³-hybridized carbons (Fsp3) is 0.273. The number of imidazole rings is 1. The quantitative estimate of drug-likeness (QED) is 0.488. The molecule has 32 heavy (non-hydrogen) atoms. The van der Waals surface area contributed by atoms with Gasteiger partial charge in [0, 0.05) is 11.6 Å². The number of hydrogen-bond donors (Lipinski definition) is 1. The summed E-state index contributed by atoms with van der Waals surface area (Å²) in [7, 11) is 0. The van der Waals surface area contributed by atoms with E-state index in [1.54, 1.807) is 29.9 Å². The Labute approximate surface area is 181 Å². The summed E-state index contributed by atoms with van der Waals surface area (Å²) in [6.45, 7) is 7.48. The first kappa shape index (κ1) is 21.5. The van der Waals surface area contributed by atoms with Crippen LogP contribution in [0.2, 0.25) is 0 Å². The number of hydrogen-bond acceptors (Lipinski definition) is 4. The number of carbonyl (C=O) groups is 1. The number of rotatable bonds is 3. The zero-order valence-corrected chi connectivity index (χ0v) is 17.9. The SMILES string of the molecule is Cc1nc2ccc(-c3ccccc3C(F)(F)F)nn2c1C(=O)Nc1ccnn1C(C)(C)C. The van der Waals surface area contributed by atoms with Gasteiger partial charge in [0.05, 0.1) is 28.7 Å². The van der Waals surface area contributed by atoms with Gasteiger partial charge in [-0.1, -0.05) is 18.2 Å². The van der Waals surface area contributed by atoms with Gasteiger partial charge in [0.1, 0.15) is 5.82 Å². The highest BCUT2D eigenvalue weighted by Gasteiger charge is 2.34. The molecule has 0 aliphatic carbocycles. The zero-order valence-electron chi connectivity index (χ0n) is 17.9. The molecule has 0 radical (unpaired) electrons. The molecule has 0 bridgehead atoms. The summed E-state index contributed by atoms with van der Waals surface area (Å²) in [5, 5.41) is 11.4. The molecule has 0 atom stereocenters. The third-order valence-electron chi connectivity index (χ3n) is 4.90. The first-order chi connectivity index (χ1) is 15.0. The predicted octanol–water partition coefficient (Wildman–Crippen LogP) is 4.93. The second kappa shape index (κ2) is 7.47. The summed E-state index contributed by atoms with van der Waals surface area (Å²) in [4.78, 5) is 17.5. The normalized spacial score (nSPS) is 12.3. The van der Waals surface area contributed by atoms with Crippen LogP contribution in [0.1, 0.15) is 42.5 Å². The lowest BCUT2D eigenvalue weighted by Gasteiger charge is -2.22. The maximum Gasteiger partial charge on any atom is 0.417 e. The highest BCUT2D eigenvalue weighted by Crippen LogP contribution is 2.36. The number of fused-ring (bicyclic) bond motifs is 1. The van der Waals surface area contributed by atoms with Crippen LogP contribution in [0, 0.1) is 6.92 Å². The van der Waals surface area contributed by atoms with Gasteiger partial charge in [-0.2, -0.15) is 23.4 Å². The van der Waals surface area contributed by atoms with Crippen LogP contribution < -0.4 is 5.32 Å². The van der Waals surface area contributed by atoms with Crippen molar-refractivity contribution in [1.29, 1.82) is 0 Å². The molecule has 3 aromatic heterocycles. The largest absolute Gasteiger partial charge is 0.417 e. The molecule has 4 rings (SSSR count). The number of aryl methyl sites for hydroxylation is 1. The molecule has 166 valence electrons. The van der Waals surface area contributed by atoms with Crippen molar-refractivity contribution in [3.8, 4) is 11.3 Å². The molecule has 10 heteroatoms. The molecule has 4 aromatic rings. The van der Waals surface area contributed by atoms with E-state index >= 15 is 0 Å². The lowest BCUT2D eigenvalue weighted by atomic mass is 10.0. The maximum atomic E-state index is 13.5. The van der Waals surface area contributed by atoms with E-state index in [-0.39, 0.29) is 22.5 Å². The van der Waals surface area contributed by atoms with Crippen LogP contribution in [0.3, 0.4) is 0 Å². The van der Waals surface area contributed by atoms with Crippen LogP contribution in [0.15, 0.2) is 48.7 Å². The fourth-order valence-electron chi connectivity index (χ4n) is 3.51. The number of aromatic nitrogens is 5. The van der Waals surface area contributed by atoms with E-state index in [4.69, 9.17) is 0 Å². The van der Waals surface area contributed by atoms with Gasteiger partial charge < -0.3 is 5.32 Å². The Kier molecular flexibility index (Phi) is 5.03. The van der Waals surface area contributed by atoms with Crippen molar-refractivity contribution in [2.75, 3.05) is 5.32 Å². The zero-order chi connectivity index (χ0) is 23.3. The minimum Gasteiger partial charge on any atom is -0.305 e. The molecule has 1 aromatic carbocycles. The number of nitrogens with zero attached hydrogens (tertiary/aromatic N) is 5. The molecule has 0 fully saturated rings. The molecule has 7 nitrogen and oxygen atoms in total. The number of halogens is 3. The molecule has 0 saturated carbocycles. The van der Waals surface area contributed by atoms with Crippen LogP contribution in [0.25, 0.3) is 16.9 Å². The second-order valence-electron chi connectivity index (χ2n) is 8.33. The number of benzene rings is 1. The summed E-state index contributed by atoms with van der Waals surface area (Å²) in [5.74, 6) is -0.00909. The summed E-state index contributed by atoms with van der Waals surface area (Å²) >= 11 is 0. The van der Waals surface area contributed by atoms with Crippen LogP contribution in [0.4, 0.5) is 19.0 Å². The molecule has 3 heterocycles. The number of anilines is 1. The van der Waals surface area contributed by atoms with E-state index in [9.17, 15) is 18.0 Å². The fourth-order valence-corrected chi connectivity index (χ4v) is 3.51. The molecular formula is C22H21F3N6O. The van der Waals surface area contributed by atoms with Crippen molar-refractivity contribution in [1.82, 2.24) is 24.4 Å². The van der Waals surface area contributed by atoms with E-state index in [2.05, 4.69) is 20.5 Å². The minimum atomic E-state index is -4.54. The molecule has 0 spiro atoms. The smallest absolute Gasteiger partial charge is 0.305 e. The Hall–Kier alpha value is -3.69. The van der Waals surface area contributed by atoms with Gasteiger partial charge >= 0.3 is 6.18 Å². The minimum absolute atomic E-state index is 0.0783. The third kappa shape index (κ3) is 3.83. The monoisotopic (exact) mass is 442 g/mol. The average molecular weight is 442 g/mol. The van der Waals surface area contributed by atoms with Gasteiger partial charge in [0.25, 0.3) is 5.91 Å². The van der Waals surface area contributed by atoms with Crippen molar-refractivity contribution in [2.45, 2.75) is 39.4 Å². The van der Waals surface area contributed by atoms with Crippen molar-refractivity contribution < 1.29 is 18.0 Å². The Morgan fingerprint density at radius 3 is 2.44 bits per heavy atom. The van der Waals surface area contributed by atoms with Crippen molar-refractivity contribution in [2.24, 2.45) is 0 Å². The maximum absolute atomic E-state index is 13.5. The first-order valence-electron chi connectivity index (χ1n) is 9.85. The number of carbonyl (C=O) groups excluding carboxylic acids is 1. The van der Waals surface area contributed by atoms with Crippen LogP contribution in [0.5, 0.6) is 0 Å². The average Bonchev–Trinajstić information content (AvgIpc) is 3.29.